The van der Waals surface area contributed by atoms with Crippen molar-refractivity contribution in [1.29, 1.82) is 0 Å². The Kier molecular flexibility index (Phi) is 2.68. The highest BCUT2D eigenvalue weighted by Gasteiger charge is 2.23. The van der Waals surface area contributed by atoms with Gasteiger partial charge in [-0.2, -0.15) is 0 Å². The third-order valence-corrected chi connectivity index (χ3v) is 2.13. The molecule has 1 aromatic rings. The molecule has 2 rings (SSSR count). The smallest absolute Gasteiger partial charge is 0.201 e. The lowest BCUT2D eigenvalue weighted by molar-refractivity contribution is 0.0666. The summed E-state index contributed by atoms with van der Waals surface area (Å²) < 4.78 is 9.62. The van der Waals surface area contributed by atoms with Crippen LogP contribution in [0.1, 0.15) is 5.69 Å². The van der Waals surface area contributed by atoms with E-state index in [0.717, 1.165) is 0 Å². The van der Waals surface area contributed by atoms with E-state index >= 15 is 0 Å². The molecule has 0 bridgehead atoms. The monoisotopic (exact) mass is 213 g/mol. The van der Waals surface area contributed by atoms with Gasteiger partial charge in [-0.25, -0.2) is 4.63 Å². The van der Waals surface area contributed by atoms with E-state index in [1.807, 2.05) is 0 Å². The largest absolute Gasteiger partial charge is 0.409 e. The van der Waals surface area contributed by atoms with E-state index < -0.39 is 0 Å². The van der Waals surface area contributed by atoms with Gasteiger partial charge in [-0.3, -0.25) is 0 Å². The van der Waals surface area contributed by atoms with Gasteiger partial charge in [-0.1, -0.05) is 5.16 Å². The van der Waals surface area contributed by atoms with E-state index in [1.54, 1.807) is 4.90 Å². The van der Waals surface area contributed by atoms with Crippen LogP contribution in [-0.2, 0) is 4.74 Å². The summed E-state index contributed by atoms with van der Waals surface area (Å²) in [5.41, 5.74) is 5.76. The van der Waals surface area contributed by atoms with E-state index in [9.17, 15) is 0 Å². The van der Waals surface area contributed by atoms with Gasteiger partial charge in [-0.15, -0.1) is 0 Å². The highest BCUT2D eigenvalue weighted by Crippen LogP contribution is 2.11. The zero-order chi connectivity index (χ0) is 10.7. The predicted octanol–water partition coefficient (Wildman–Crippen LogP) is -0.880. The molecule has 15 heavy (non-hydrogen) atoms. The molecular weight excluding hydrogens is 202 g/mol. The maximum Gasteiger partial charge on any atom is 0.201 e. The van der Waals surface area contributed by atoms with Gasteiger partial charge in [0.25, 0.3) is 0 Å². The fourth-order valence-electron chi connectivity index (χ4n) is 1.39. The predicted molar refractivity (Wildman–Crippen MR) is 49.4 cm³/mol. The Labute approximate surface area is 85.2 Å². The summed E-state index contributed by atoms with van der Waals surface area (Å²) >= 11 is 0. The topological polar surface area (TPSA) is 110 Å². The van der Waals surface area contributed by atoms with Crippen LogP contribution >= 0.6 is 0 Å². The van der Waals surface area contributed by atoms with E-state index in [1.165, 1.54) is 0 Å². The number of oxime groups is 1. The van der Waals surface area contributed by atoms with Crippen molar-refractivity contribution in [3.8, 4) is 0 Å². The molecule has 0 unspecified atom stereocenters. The van der Waals surface area contributed by atoms with Crippen molar-refractivity contribution in [1.82, 2.24) is 15.2 Å². The van der Waals surface area contributed by atoms with Crippen LogP contribution in [-0.4, -0.2) is 52.6 Å². The first-order valence-corrected chi connectivity index (χ1v) is 4.46. The van der Waals surface area contributed by atoms with Crippen molar-refractivity contribution in [2.75, 3.05) is 32.0 Å². The molecular formula is C7H11N5O3. The maximum atomic E-state index is 8.92. The van der Waals surface area contributed by atoms with Crippen LogP contribution in [0.4, 0.5) is 5.82 Å². The summed E-state index contributed by atoms with van der Waals surface area (Å²) in [5, 5.41) is 19.1. The van der Waals surface area contributed by atoms with Crippen LogP contribution in [0.3, 0.4) is 0 Å². The number of amidine groups is 1. The molecule has 1 aliphatic heterocycles. The Balaban J connectivity index is 2.21. The van der Waals surface area contributed by atoms with Gasteiger partial charge in [-0.05, 0) is 10.3 Å². The van der Waals surface area contributed by atoms with Crippen molar-refractivity contribution >= 4 is 11.7 Å². The standard InChI is InChI=1S/C7H11N5O3/c8-6-5(10-15-11-6)7(9-13)12-1-3-14-4-2-12/h13H,1-4H2,(H2,8,11)/b9-7-. The normalized spacial score (nSPS) is 18.1. The summed E-state index contributed by atoms with van der Waals surface area (Å²) in [5.74, 6) is 0.367. The summed E-state index contributed by atoms with van der Waals surface area (Å²) in [7, 11) is 0. The summed E-state index contributed by atoms with van der Waals surface area (Å²) in [4.78, 5) is 1.80. The molecule has 0 amide bonds. The lowest BCUT2D eigenvalue weighted by atomic mass is 10.3. The number of anilines is 1. The van der Waals surface area contributed by atoms with Gasteiger partial charge in [0.1, 0.15) is 0 Å². The SMILES string of the molecule is Nc1nonc1/C(=N/O)N1CCOCC1. The van der Waals surface area contributed by atoms with Crippen molar-refractivity contribution < 1.29 is 14.6 Å². The molecule has 82 valence electrons. The number of rotatable bonds is 1. The zero-order valence-corrected chi connectivity index (χ0v) is 7.96. The van der Waals surface area contributed by atoms with E-state index in [4.69, 9.17) is 15.7 Å². The molecule has 0 radical (unpaired) electrons. The molecule has 3 N–H and O–H groups in total. The fourth-order valence-corrected chi connectivity index (χ4v) is 1.39. The summed E-state index contributed by atoms with van der Waals surface area (Å²) in [6.45, 7) is 2.38. The third-order valence-electron chi connectivity index (χ3n) is 2.13. The highest BCUT2D eigenvalue weighted by atomic mass is 16.6. The van der Waals surface area contributed by atoms with Crippen molar-refractivity contribution in [3.63, 3.8) is 0 Å². The Morgan fingerprint density at radius 1 is 1.40 bits per heavy atom. The fraction of sp³-hybridized carbons (Fsp3) is 0.571. The molecule has 1 aliphatic rings. The van der Waals surface area contributed by atoms with Crippen molar-refractivity contribution in [3.05, 3.63) is 5.69 Å². The van der Waals surface area contributed by atoms with E-state index in [2.05, 4.69) is 20.1 Å². The number of hydrogen-bond donors (Lipinski definition) is 2. The Morgan fingerprint density at radius 2 is 2.13 bits per heavy atom. The molecule has 0 atom stereocenters. The van der Waals surface area contributed by atoms with Gasteiger partial charge < -0.3 is 20.6 Å². The van der Waals surface area contributed by atoms with Crippen LogP contribution in [0.2, 0.25) is 0 Å². The number of hydrogen-bond acceptors (Lipinski definition) is 7. The Bertz CT molecular complexity index is 357. The minimum atomic E-state index is 0.106. The van der Waals surface area contributed by atoms with Crippen molar-refractivity contribution in [2.45, 2.75) is 0 Å². The third kappa shape index (κ3) is 1.84. The Morgan fingerprint density at radius 3 is 2.67 bits per heavy atom. The number of nitrogens with zero attached hydrogens (tertiary/aromatic N) is 4. The molecule has 0 aromatic carbocycles. The molecule has 0 aliphatic carbocycles. The molecule has 0 spiro atoms. The summed E-state index contributed by atoms with van der Waals surface area (Å²) in [6.07, 6.45) is 0. The van der Waals surface area contributed by atoms with Crippen LogP contribution in [0, 0.1) is 0 Å². The average molecular weight is 213 g/mol. The van der Waals surface area contributed by atoms with Crippen LogP contribution in [0.25, 0.3) is 0 Å². The minimum Gasteiger partial charge on any atom is -0.409 e. The molecule has 8 heteroatoms. The zero-order valence-electron chi connectivity index (χ0n) is 7.96. The second kappa shape index (κ2) is 4.13. The summed E-state index contributed by atoms with van der Waals surface area (Å²) in [6, 6.07) is 0. The van der Waals surface area contributed by atoms with Gasteiger partial charge in [0, 0.05) is 13.1 Å². The van der Waals surface area contributed by atoms with Crippen LogP contribution in [0.5, 0.6) is 0 Å². The lowest BCUT2D eigenvalue weighted by Crippen LogP contribution is -2.41. The molecule has 2 heterocycles. The number of nitrogen functional groups attached to an aromatic ring is 1. The van der Waals surface area contributed by atoms with E-state index in [-0.39, 0.29) is 17.3 Å². The second-order valence-corrected chi connectivity index (χ2v) is 3.02. The molecule has 1 fully saturated rings. The molecule has 1 saturated heterocycles. The van der Waals surface area contributed by atoms with Gasteiger partial charge in [0.05, 0.1) is 13.2 Å². The van der Waals surface area contributed by atoms with E-state index in [0.29, 0.717) is 26.3 Å². The van der Waals surface area contributed by atoms with Crippen molar-refractivity contribution in [2.24, 2.45) is 5.16 Å². The molecule has 8 nitrogen and oxygen atoms in total. The number of morpholine rings is 1. The first-order valence-electron chi connectivity index (χ1n) is 4.46. The minimum absolute atomic E-state index is 0.106. The quantitative estimate of drug-likeness (QED) is 0.270. The number of nitrogens with two attached hydrogens (primary N) is 1. The number of ether oxygens (including phenoxy) is 1. The van der Waals surface area contributed by atoms with Gasteiger partial charge >= 0.3 is 0 Å². The molecule has 0 saturated carbocycles. The highest BCUT2D eigenvalue weighted by molar-refractivity contribution is 6.00. The van der Waals surface area contributed by atoms with Gasteiger partial charge in [0.2, 0.25) is 5.84 Å². The first kappa shape index (κ1) is 9.71. The van der Waals surface area contributed by atoms with Crippen LogP contribution < -0.4 is 5.73 Å². The maximum absolute atomic E-state index is 8.92. The second-order valence-electron chi connectivity index (χ2n) is 3.02. The first-order chi connectivity index (χ1) is 7.33. The molecule has 1 aromatic heterocycles. The Hall–Kier alpha value is -1.83. The lowest BCUT2D eigenvalue weighted by Gasteiger charge is -2.27. The van der Waals surface area contributed by atoms with Crippen LogP contribution in [0.15, 0.2) is 9.78 Å². The van der Waals surface area contributed by atoms with Gasteiger partial charge in [0.15, 0.2) is 11.5 Å². The average Bonchev–Trinajstić information content (AvgIpc) is 2.68. The number of aromatic nitrogens is 2.